The van der Waals surface area contributed by atoms with Gasteiger partial charge in [-0.2, -0.15) is 10.4 Å². The van der Waals surface area contributed by atoms with E-state index in [1.54, 1.807) is 0 Å². The molecule has 3 heterocycles. The topological polar surface area (TPSA) is 82.0 Å². The van der Waals surface area contributed by atoms with Gasteiger partial charge in [0.25, 0.3) is 5.91 Å². The molecule has 2 aliphatic heterocycles. The molecule has 4 rings (SSSR count). The molecule has 0 bridgehead atoms. The summed E-state index contributed by atoms with van der Waals surface area (Å²) < 4.78 is 5.80. The number of fused-ring (bicyclic) bond motifs is 1. The largest absolute Gasteiger partial charge is 0.369 e. The summed E-state index contributed by atoms with van der Waals surface area (Å²) in [5.41, 5.74) is 5.42. The summed E-state index contributed by atoms with van der Waals surface area (Å²) in [6.45, 7) is 5.23. The molecule has 1 aromatic carbocycles. The molecule has 1 N–H and O–H groups in total. The smallest absolute Gasteiger partial charge is 0.274 e. The maximum Gasteiger partial charge on any atom is 0.274 e. The number of hydrogen-bond acceptors (Lipinski definition) is 4. The molecule has 138 valence electrons. The van der Waals surface area contributed by atoms with Crippen LogP contribution in [0, 0.1) is 11.3 Å². The van der Waals surface area contributed by atoms with Crippen LogP contribution in [-0.2, 0) is 11.2 Å². The molecule has 0 saturated heterocycles. The molecule has 0 aliphatic carbocycles. The molecule has 27 heavy (non-hydrogen) atoms. The Labute approximate surface area is 158 Å². The zero-order chi connectivity index (χ0) is 19.0. The number of rotatable bonds is 2. The van der Waals surface area contributed by atoms with Crippen molar-refractivity contribution in [1.82, 2.24) is 15.1 Å². The molecule has 0 radical (unpaired) electrons. The lowest BCUT2D eigenvalue weighted by molar-refractivity contribution is -0.00701. The van der Waals surface area contributed by atoms with E-state index < -0.39 is 0 Å². The van der Waals surface area contributed by atoms with Crippen molar-refractivity contribution in [2.24, 2.45) is 0 Å². The monoisotopic (exact) mass is 362 g/mol. The summed E-state index contributed by atoms with van der Waals surface area (Å²) in [6.07, 6.45) is 3.61. The first-order valence-corrected chi connectivity index (χ1v) is 9.28. The summed E-state index contributed by atoms with van der Waals surface area (Å²) in [4.78, 5) is 14.9. The standard InChI is InChI=1S/C21H22N4O2/c1-13-11-18-19(14(2)27-13)23-24-20(18)21(26)25-9-7-17(8-10-25)16-5-3-15(12-22)4-6-16/h3-7,13-14H,8-11H2,1-2H3,(H,23,24)/t13-,14+/m1/s1. The quantitative estimate of drug-likeness (QED) is 0.889. The van der Waals surface area contributed by atoms with E-state index in [1.165, 1.54) is 5.57 Å². The molecule has 6 nitrogen and oxygen atoms in total. The Kier molecular flexibility index (Phi) is 4.54. The first-order valence-electron chi connectivity index (χ1n) is 9.28. The van der Waals surface area contributed by atoms with Crippen molar-refractivity contribution in [3.63, 3.8) is 0 Å². The van der Waals surface area contributed by atoms with Crippen molar-refractivity contribution in [3.8, 4) is 6.07 Å². The van der Waals surface area contributed by atoms with Gasteiger partial charge in [-0.25, -0.2) is 0 Å². The predicted octanol–water partition coefficient (Wildman–Crippen LogP) is 3.23. The Hall–Kier alpha value is -2.91. The van der Waals surface area contributed by atoms with Crippen molar-refractivity contribution in [2.75, 3.05) is 13.1 Å². The molecule has 0 saturated carbocycles. The van der Waals surface area contributed by atoms with E-state index in [-0.39, 0.29) is 18.1 Å². The van der Waals surface area contributed by atoms with E-state index >= 15 is 0 Å². The zero-order valence-electron chi connectivity index (χ0n) is 15.5. The van der Waals surface area contributed by atoms with E-state index in [2.05, 4.69) is 22.3 Å². The SMILES string of the molecule is C[C@@H]1Cc2c(C(=O)N3CC=C(c4ccc(C#N)cc4)CC3)n[nH]c2[C@H](C)O1. The Balaban J connectivity index is 1.51. The number of nitrogens with zero attached hydrogens (tertiary/aromatic N) is 3. The van der Waals surface area contributed by atoms with Crippen LogP contribution < -0.4 is 0 Å². The second-order valence-corrected chi connectivity index (χ2v) is 7.18. The van der Waals surface area contributed by atoms with Crippen molar-refractivity contribution in [2.45, 2.75) is 38.9 Å². The first-order chi connectivity index (χ1) is 13.1. The number of aromatic amines is 1. The normalized spacial score (nSPS) is 22.0. The van der Waals surface area contributed by atoms with Gasteiger partial charge in [0.05, 0.1) is 29.5 Å². The molecule has 2 aromatic rings. The minimum absolute atomic E-state index is 0.0241. The van der Waals surface area contributed by atoms with Crippen molar-refractivity contribution >= 4 is 11.5 Å². The average Bonchev–Trinajstić information content (AvgIpc) is 3.12. The Morgan fingerprint density at radius 1 is 1.33 bits per heavy atom. The van der Waals surface area contributed by atoms with Gasteiger partial charge in [0.1, 0.15) is 0 Å². The molecule has 0 fully saturated rings. The summed E-state index contributed by atoms with van der Waals surface area (Å²) in [5, 5.41) is 16.2. The van der Waals surface area contributed by atoms with Crippen molar-refractivity contribution in [1.29, 1.82) is 5.26 Å². The molecule has 0 unspecified atom stereocenters. The lowest BCUT2D eigenvalue weighted by atomic mass is 9.97. The highest BCUT2D eigenvalue weighted by Crippen LogP contribution is 2.31. The maximum absolute atomic E-state index is 13.0. The Morgan fingerprint density at radius 3 is 2.78 bits per heavy atom. The van der Waals surface area contributed by atoms with Crippen LogP contribution in [0.4, 0.5) is 0 Å². The third-order valence-electron chi connectivity index (χ3n) is 5.32. The van der Waals surface area contributed by atoms with Crippen LogP contribution in [0.15, 0.2) is 30.3 Å². The summed E-state index contributed by atoms with van der Waals surface area (Å²) in [7, 11) is 0. The summed E-state index contributed by atoms with van der Waals surface area (Å²) in [5.74, 6) is -0.0241. The fourth-order valence-electron chi connectivity index (χ4n) is 3.87. The van der Waals surface area contributed by atoms with Gasteiger partial charge in [-0.1, -0.05) is 18.2 Å². The number of nitrogens with one attached hydrogen (secondary N) is 1. The summed E-state index contributed by atoms with van der Waals surface area (Å²) in [6, 6.07) is 9.72. The lowest BCUT2D eigenvalue weighted by Crippen LogP contribution is -2.36. The highest BCUT2D eigenvalue weighted by atomic mass is 16.5. The highest BCUT2D eigenvalue weighted by Gasteiger charge is 2.31. The van der Waals surface area contributed by atoms with Crippen LogP contribution in [0.1, 0.15) is 59.2 Å². The van der Waals surface area contributed by atoms with E-state index in [9.17, 15) is 4.79 Å². The molecular weight excluding hydrogens is 340 g/mol. The van der Waals surface area contributed by atoms with Gasteiger partial charge in [0.2, 0.25) is 0 Å². The van der Waals surface area contributed by atoms with Gasteiger partial charge in [0.15, 0.2) is 5.69 Å². The van der Waals surface area contributed by atoms with Crippen LogP contribution in [0.25, 0.3) is 5.57 Å². The molecule has 1 amide bonds. The van der Waals surface area contributed by atoms with E-state index in [4.69, 9.17) is 10.00 Å². The number of aromatic nitrogens is 2. The Morgan fingerprint density at radius 2 is 2.11 bits per heavy atom. The molecule has 2 aliphatic rings. The maximum atomic E-state index is 13.0. The fourth-order valence-corrected chi connectivity index (χ4v) is 3.87. The third kappa shape index (κ3) is 3.26. The van der Waals surface area contributed by atoms with Crippen LogP contribution >= 0.6 is 0 Å². The van der Waals surface area contributed by atoms with Gasteiger partial charge >= 0.3 is 0 Å². The zero-order valence-corrected chi connectivity index (χ0v) is 15.5. The molecule has 0 spiro atoms. The van der Waals surface area contributed by atoms with Gasteiger partial charge in [-0.05, 0) is 43.5 Å². The minimum atomic E-state index is -0.0676. The molecule has 2 atom stereocenters. The van der Waals surface area contributed by atoms with Crippen LogP contribution in [0.2, 0.25) is 0 Å². The van der Waals surface area contributed by atoms with Crippen LogP contribution in [0.3, 0.4) is 0 Å². The van der Waals surface area contributed by atoms with Crippen molar-refractivity contribution < 1.29 is 9.53 Å². The second-order valence-electron chi connectivity index (χ2n) is 7.18. The van der Waals surface area contributed by atoms with Gasteiger partial charge in [-0.3, -0.25) is 9.89 Å². The number of amides is 1. The van der Waals surface area contributed by atoms with Crippen molar-refractivity contribution in [3.05, 3.63) is 58.4 Å². The van der Waals surface area contributed by atoms with Crippen LogP contribution in [-0.4, -0.2) is 40.2 Å². The summed E-state index contributed by atoms with van der Waals surface area (Å²) >= 11 is 0. The fraction of sp³-hybridized carbons (Fsp3) is 0.381. The first kappa shape index (κ1) is 17.5. The lowest BCUT2D eigenvalue weighted by Gasteiger charge is -2.28. The van der Waals surface area contributed by atoms with E-state index in [0.29, 0.717) is 30.8 Å². The minimum Gasteiger partial charge on any atom is -0.369 e. The number of benzene rings is 1. The number of carbonyl (C=O) groups excluding carboxylic acids is 1. The molecule has 1 aromatic heterocycles. The second kappa shape index (κ2) is 7.01. The Bertz CT molecular complexity index is 936. The van der Waals surface area contributed by atoms with E-state index in [0.717, 1.165) is 23.2 Å². The van der Waals surface area contributed by atoms with Crippen LogP contribution in [0.5, 0.6) is 0 Å². The number of nitriles is 1. The van der Waals surface area contributed by atoms with Gasteiger partial charge in [-0.15, -0.1) is 0 Å². The highest BCUT2D eigenvalue weighted by molar-refractivity contribution is 5.94. The average molecular weight is 362 g/mol. The number of ether oxygens (including phenoxy) is 1. The van der Waals surface area contributed by atoms with E-state index in [1.807, 2.05) is 43.0 Å². The third-order valence-corrected chi connectivity index (χ3v) is 5.32. The van der Waals surface area contributed by atoms with Gasteiger partial charge in [0, 0.05) is 25.1 Å². The number of H-pyrrole nitrogens is 1. The van der Waals surface area contributed by atoms with Gasteiger partial charge < -0.3 is 9.64 Å². The number of carbonyl (C=O) groups is 1. The predicted molar refractivity (Wildman–Crippen MR) is 101 cm³/mol. The molecule has 6 heteroatoms. The molecular formula is C21H22N4O2. The number of hydrogen-bond donors (Lipinski definition) is 1.